The molecule has 140 valence electrons. The van der Waals surface area contributed by atoms with E-state index in [-0.39, 0.29) is 6.61 Å². The summed E-state index contributed by atoms with van der Waals surface area (Å²) in [6.07, 6.45) is 1.80. The Morgan fingerprint density at radius 2 is 1.84 bits per heavy atom. The highest BCUT2D eigenvalue weighted by molar-refractivity contribution is 5.44. The molecule has 2 saturated heterocycles. The molecule has 0 radical (unpaired) electrons. The molecule has 2 heterocycles. The second kappa shape index (κ2) is 7.62. The minimum atomic E-state index is -1.24. The molecular formula is C20H31NO4. The number of nitrogens with zero attached hydrogens (tertiary/aromatic N) is 1. The van der Waals surface area contributed by atoms with Crippen molar-refractivity contribution in [1.29, 1.82) is 0 Å². The first-order valence-electron chi connectivity index (χ1n) is 9.32. The number of rotatable bonds is 4. The summed E-state index contributed by atoms with van der Waals surface area (Å²) in [6, 6.07) is 4.54. The average molecular weight is 349 g/mol. The summed E-state index contributed by atoms with van der Waals surface area (Å²) in [6.45, 7) is 9.03. The molecule has 2 atom stereocenters. The Morgan fingerprint density at radius 3 is 2.56 bits per heavy atom. The fourth-order valence-corrected chi connectivity index (χ4v) is 3.94. The van der Waals surface area contributed by atoms with E-state index in [0.29, 0.717) is 19.0 Å². The van der Waals surface area contributed by atoms with E-state index in [9.17, 15) is 10.2 Å². The lowest BCUT2D eigenvalue weighted by Gasteiger charge is -2.46. The molecule has 1 aromatic carbocycles. The van der Waals surface area contributed by atoms with Gasteiger partial charge < -0.3 is 19.7 Å². The monoisotopic (exact) mass is 349 g/mol. The van der Waals surface area contributed by atoms with E-state index in [1.54, 1.807) is 0 Å². The molecule has 0 unspecified atom stereocenters. The van der Waals surface area contributed by atoms with E-state index in [1.165, 1.54) is 5.56 Å². The third-order valence-electron chi connectivity index (χ3n) is 5.83. The third-order valence-corrected chi connectivity index (χ3v) is 5.83. The van der Waals surface area contributed by atoms with Crippen molar-refractivity contribution in [3.8, 4) is 5.75 Å². The molecule has 0 saturated carbocycles. The van der Waals surface area contributed by atoms with E-state index < -0.39 is 11.7 Å². The van der Waals surface area contributed by atoms with Crippen LogP contribution in [0.15, 0.2) is 12.1 Å². The summed E-state index contributed by atoms with van der Waals surface area (Å²) in [5, 5.41) is 21.5. The molecule has 0 spiro atoms. The summed E-state index contributed by atoms with van der Waals surface area (Å²) in [5.74, 6) is 0.823. The maximum Gasteiger partial charge on any atom is 0.137 e. The smallest absolute Gasteiger partial charge is 0.137 e. The van der Waals surface area contributed by atoms with Gasteiger partial charge in [0.2, 0.25) is 0 Å². The van der Waals surface area contributed by atoms with E-state index >= 15 is 0 Å². The number of hydrogen-bond acceptors (Lipinski definition) is 5. The third kappa shape index (κ3) is 4.00. The van der Waals surface area contributed by atoms with Gasteiger partial charge in [-0.15, -0.1) is 0 Å². The van der Waals surface area contributed by atoms with Gasteiger partial charge in [0.05, 0.1) is 6.10 Å². The molecule has 3 rings (SSSR count). The summed E-state index contributed by atoms with van der Waals surface area (Å²) in [7, 11) is 0. The first kappa shape index (κ1) is 18.6. The highest BCUT2D eigenvalue weighted by Crippen LogP contribution is 2.30. The minimum Gasteiger partial charge on any atom is -0.490 e. The normalized spacial score (nSPS) is 28.9. The molecule has 25 heavy (non-hydrogen) atoms. The van der Waals surface area contributed by atoms with Crippen LogP contribution in [0.25, 0.3) is 0 Å². The number of aliphatic hydroxyl groups is 2. The lowest BCUT2D eigenvalue weighted by Crippen LogP contribution is -2.62. The van der Waals surface area contributed by atoms with Gasteiger partial charge in [0.1, 0.15) is 18.0 Å². The van der Waals surface area contributed by atoms with E-state index in [2.05, 4.69) is 17.9 Å². The van der Waals surface area contributed by atoms with Crippen molar-refractivity contribution in [1.82, 2.24) is 4.90 Å². The van der Waals surface area contributed by atoms with Crippen molar-refractivity contribution in [3.05, 3.63) is 28.8 Å². The minimum absolute atomic E-state index is 0.110. The molecule has 2 fully saturated rings. The Balaban J connectivity index is 1.70. The zero-order valence-corrected chi connectivity index (χ0v) is 15.6. The first-order valence-corrected chi connectivity index (χ1v) is 9.32. The number of benzene rings is 1. The summed E-state index contributed by atoms with van der Waals surface area (Å²) >= 11 is 0. The number of β-amino-alcohol motifs (C(OH)–C–C–N with tert-alkyl or cyclic N) is 1. The molecule has 0 aromatic heterocycles. The largest absolute Gasteiger partial charge is 0.490 e. The highest BCUT2D eigenvalue weighted by atomic mass is 16.5. The number of aryl methyl sites for hydroxylation is 2. The molecule has 2 aliphatic rings. The van der Waals surface area contributed by atoms with Crippen molar-refractivity contribution < 1.29 is 19.7 Å². The average Bonchev–Trinajstić information content (AvgIpc) is 2.62. The van der Waals surface area contributed by atoms with Gasteiger partial charge in [-0.25, -0.2) is 0 Å². The maximum absolute atomic E-state index is 11.1. The lowest BCUT2D eigenvalue weighted by atomic mass is 9.88. The quantitative estimate of drug-likeness (QED) is 0.870. The van der Waals surface area contributed by atoms with Gasteiger partial charge in [0.15, 0.2) is 0 Å². The Bertz CT molecular complexity index is 600. The molecule has 0 bridgehead atoms. The fourth-order valence-electron chi connectivity index (χ4n) is 3.94. The van der Waals surface area contributed by atoms with Crippen LogP contribution in [0.3, 0.4) is 0 Å². The van der Waals surface area contributed by atoms with Crippen molar-refractivity contribution in [2.75, 3.05) is 32.9 Å². The van der Waals surface area contributed by atoms with Crippen molar-refractivity contribution in [2.24, 2.45) is 0 Å². The molecule has 5 heteroatoms. The molecule has 0 aliphatic carbocycles. The summed E-state index contributed by atoms with van der Waals surface area (Å²) in [4.78, 5) is 2.30. The number of piperidine rings is 1. The maximum atomic E-state index is 11.1. The molecule has 0 amide bonds. The molecule has 1 aromatic rings. The lowest BCUT2D eigenvalue weighted by molar-refractivity contribution is -0.149. The van der Waals surface area contributed by atoms with Gasteiger partial charge in [-0.3, -0.25) is 4.90 Å². The van der Waals surface area contributed by atoms with Crippen LogP contribution in [0.1, 0.15) is 36.0 Å². The van der Waals surface area contributed by atoms with Crippen LogP contribution >= 0.6 is 0 Å². The van der Waals surface area contributed by atoms with Crippen LogP contribution in [0.2, 0.25) is 0 Å². The van der Waals surface area contributed by atoms with Gasteiger partial charge >= 0.3 is 0 Å². The van der Waals surface area contributed by atoms with Gasteiger partial charge in [-0.2, -0.15) is 0 Å². The second-order valence-corrected chi connectivity index (χ2v) is 7.66. The van der Waals surface area contributed by atoms with Crippen LogP contribution in [0.4, 0.5) is 0 Å². The van der Waals surface area contributed by atoms with E-state index in [0.717, 1.165) is 49.5 Å². The highest BCUT2D eigenvalue weighted by Gasteiger charge is 2.43. The molecular weight excluding hydrogens is 318 g/mol. The number of ether oxygens (including phenoxy) is 2. The molecule has 2 N–H and O–H groups in total. The zero-order valence-electron chi connectivity index (χ0n) is 15.6. The Labute approximate surface area is 150 Å². The van der Waals surface area contributed by atoms with Crippen LogP contribution in [0.5, 0.6) is 5.75 Å². The van der Waals surface area contributed by atoms with E-state index in [1.807, 2.05) is 19.9 Å². The topological polar surface area (TPSA) is 62.2 Å². The number of aliphatic hydroxyl groups excluding tert-OH is 1. The first-order chi connectivity index (χ1) is 11.9. The zero-order chi connectivity index (χ0) is 18.0. The predicted octanol–water partition coefficient (Wildman–Crippen LogP) is 1.97. The molecule has 5 nitrogen and oxygen atoms in total. The second-order valence-electron chi connectivity index (χ2n) is 7.66. The summed E-state index contributed by atoms with van der Waals surface area (Å²) < 4.78 is 11.5. The van der Waals surface area contributed by atoms with Gasteiger partial charge in [0.25, 0.3) is 0 Å². The van der Waals surface area contributed by atoms with Crippen LogP contribution in [-0.4, -0.2) is 65.8 Å². The number of likely N-dealkylation sites (tertiary alicyclic amines) is 1. The van der Waals surface area contributed by atoms with E-state index in [4.69, 9.17) is 9.47 Å². The van der Waals surface area contributed by atoms with Crippen LogP contribution in [0, 0.1) is 20.8 Å². The van der Waals surface area contributed by atoms with Crippen LogP contribution in [-0.2, 0) is 4.74 Å². The van der Waals surface area contributed by atoms with Crippen molar-refractivity contribution in [2.45, 2.75) is 57.8 Å². The van der Waals surface area contributed by atoms with Crippen molar-refractivity contribution in [3.63, 3.8) is 0 Å². The SMILES string of the molecule is Cc1ccc(C)c(OC[C@@]2(O)CN(C3CCOCC3)CC[C@@H]2O)c1C. The van der Waals surface area contributed by atoms with Gasteiger partial charge in [-0.05, 0) is 56.7 Å². The van der Waals surface area contributed by atoms with Crippen molar-refractivity contribution >= 4 is 0 Å². The Morgan fingerprint density at radius 1 is 1.16 bits per heavy atom. The van der Waals surface area contributed by atoms with Gasteiger partial charge in [-0.1, -0.05) is 12.1 Å². The molecule has 2 aliphatic heterocycles. The standard InChI is InChI=1S/C20H31NO4/c1-14-4-5-15(2)19(16(14)3)25-13-20(23)12-21(9-6-18(20)22)17-7-10-24-11-8-17/h4-5,17-18,22-23H,6-13H2,1-3H3/t18-,20-/m0/s1. The fraction of sp³-hybridized carbons (Fsp3) is 0.700. The van der Waals surface area contributed by atoms with Gasteiger partial charge in [0, 0.05) is 32.3 Å². The number of hydrogen-bond donors (Lipinski definition) is 2. The predicted molar refractivity (Wildman–Crippen MR) is 97.1 cm³/mol. The Kier molecular flexibility index (Phi) is 5.68. The van der Waals surface area contributed by atoms with Crippen LogP contribution < -0.4 is 4.74 Å². The Hall–Kier alpha value is -1.14. The summed E-state index contributed by atoms with van der Waals surface area (Å²) in [5.41, 5.74) is 2.08.